The first kappa shape index (κ1) is 20.8. The maximum Gasteiger partial charge on any atom is 0.290 e. The van der Waals surface area contributed by atoms with Crippen LogP contribution < -0.4 is 9.47 Å². The van der Waals surface area contributed by atoms with E-state index >= 15 is 0 Å². The smallest absolute Gasteiger partial charge is 0.290 e. The molecular weight excluding hydrogens is 414 g/mol. The summed E-state index contributed by atoms with van der Waals surface area (Å²) in [6, 6.07) is 21.7. The van der Waals surface area contributed by atoms with Gasteiger partial charge >= 0.3 is 0 Å². The topological polar surface area (TPSA) is 59.0 Å². The number of aliphatic hydroxyl groups is 1. The summed E-state index contributed by atoms with van der Waals surface area (Å²) in [5, 5.41) is 11.5. The zero-order valence-corrected chi connectivity index (χ0v) is 18.0. The van der Waals surface area contributed by atoms with Gasteiger partial charge in [-0.1, -0.05) is 54.1 Å². The highest BCUT2D eigenvalue weighted by molar-refractivity contribution is 6.30. The molecule has 158 valence electrons. The number of hydrogen-bond acceptors (Lipinski definition) is 4. The van der Waals surface area contributed by atoms with E-state index in [4.69, 9.17) is 21.1 Å². The van der Waals surface area contributed by atoms with Gasteiger partial charge in [-0.05, 0) is 41.5 Å². The van der Waals surface area contributed by atoms with Gasteiger partial charge in [-0.2, -0.15) is 0 Å². The molecule has 1 atom stereocenters. The Balaban J connectivity index is 1.81. The van der Waals surface area contributed by atoms with E-state index in [0.29, 0.717) is 22.1 Å². The van der Waals surface area contributed by atoms with Crippen LogP contribution >= 0.6 is 11.6 Å². The fraction of sp³-hybridized carbons (Fsp3) is 0.160. The lowest BCUT2D eigenvalue weighted by atomic mass is 9.93. The Bertz CT molecular complexity index is 1120. The van der Waals surface area contributed by atoms with E-state index in [9.17, 15) is 9.90 Å². The van der Waals surface area contributed by atoms with E-state index in [-0.39, 0.29) is 12.3 Å². The molecule has 0 saturated carbocycles. The number of benzene rings is 3. The van der Waals surface area contributed by atoms with Gasteiger partial charge in [0.15, 0.2) is 5.76 Å². The summed E-state index contributed by atoms with van der Waals surface area (Å²) in [5.41, 5.74) is 2.99. The molecule has 3 aromatic carbocycles. The van der Waals surface area contributed by atoms with Crippen LogP contribution in [0.2, 0.25) is 5.02 Å². The van der Waals surface area contributed by atoms with Crippen LogP contribution in [0.3, 0.4) is 0 Å². The molecule has 1 amide bonds. The maximum absolute atomic E-state index is 13.2. The van der Waals surface area contributed by atoms with Crippen LogP contribution in [0.4, 0.5) is 0 Å². The van der Waals surface area contributed by atoms with Crippen molar-refractivity contribution in [2.45, 2.75) is 12.6 Å². The number of para-hydroxylation sites is 1. The highest BCUT2D eigenvalue weighted by Gasteiger charge is 2.41. The summed E-state index contributed by atoms with van der Waals surface area (Å²) in [5.74, 6) is 0.682. The van der Waals surface area contributed by atoms with Crippen LogP contribution in [0.25, 0.3) is 5.57 Å². The van der Waals surface area contributed by atoms with Crippen LogP contribution in [0, 0.1) is 0 Å². The fourth-order valence-corrected chi connectivity index (χ4v) is 4.02. The maximum atomic E-state index is 13.2. The number of carbonyl (C=O) groups excluding carboxylic acids is 1. The molecular formula is C25H22ClNO4. The number of aliphatic hydroxyl groups excluding tert-OH is 1. The van der Waals surface area contributed by atoms with Crippen molar-refractivity contribution in [3.63, 3.8) is 0 Å². The quantitative estimate of drug-likeness (QED) is 0.562. The molecule has 1 aliphatic rings. The minimum Gasteiger partial charge on any atom is -0.503 e. The van der Waals surface area contributed by atoms with E-state index in [0.717, 1.165) is 16.7 Å². The Labute approximate surface area is 186 Å². The lowest BCUT2D eigenvalue weighted by Crippen LogP contribution is -2.30. The minimum atomic E-state index is -0.483. The molecule has 3 aromatic rings. The number of methoxy groups -OCH3 is 2. The highest BCUT2D eigenvalue weighted by Crippen LogP contribution is 2.44. The number of ether oxygens (including phenoxy) is 2. The summed E-state index contributed by atoms with van der Waals surface area (Å²) in [6.45, 7) is 0.278. The third-order valence-corrected chi connectivity index (χ3v) is 5.68. The largest absolute Gasteiger partial charge is 0.503 e. The number of nitrogens with zero attached hydrogens (tertiary/aromatic N) is 1. The van der Waals surface area contributed by atoms with E-state index in [1.807, 2.05) is 60.7 Å². The van der Waals surface area contributed by atoms with Crippen molar-refractivity contribution in [3.8, 4) is 11.5 Å². The van der Waals surface area contributed by atoms with Crippen LogP contribution in [-0.4, -0.2) is 30.1 Å². The summed E-state index contributed by atoms with van der Waals surface area (Å²) >= 11 is 6.10. The molecule has 0 fully saturated rings. The number of amides is 1. The van der Waals surface area contributed by atoms with E-state index in [2.05, 4.69) is 0 Å². The molecule has 1 aliphatic heterocycles. The van der Waals surface area contributed by atoms with Gasteiger partial charge in [-0.3, -0.25) is 4.79 Å². The monoisotopic (exact) mass is 435 g/mol. The molecule has 0 radical (unpaired) electrons. The van der Waals surface area contributed by atoms with E-state index in [1.54, 1.807) is 31.3 Å². The molecule has 1 N–H and O–H groups in total. The van der Waals surface area contributed by atoms with Crippen molar-refractivity contribution in [1.29, 1.82) is 0 Å². The van der Waals surface area contributed by atoms with Gasteiger partial charge in [0.25, 0.3) is 5.91 Å². The third-order valence-electron chi connectivity index (χ3n) is 5.42. The number of hydrogen-bond donors (Lipinski definition) is 1. The predicted molar refractivity (Wildman–Crippen MR) is 120 cm³/mol. The summed E-state index contributed by atoms with van der Waals surface area (Å²) in [7, 11) is 3.19. The van der Waals surface area contributed by atoms with Gasteiger partial charge in [0.2, 0.25) is 0 Å². The zero-order valence-electron chi connectivity index (χ0n) is 17.2. The van der Waals surface area contributed by atoms with Gasteiger partial charge in [0.05, 0.1) is 26.8 Å². The molecule has 6 heteroatoms. The highest BCUT2D eigenvalue weighted by atomic mass is 35.5. The summed E-state index contributed by atoms with van der Waals surface area (Å²) in [6.07, 6.45) is 0. The second kappa shape index (κ2) is 8.74. The summed E-state index contributed by atoms with van der Waals surface area (Å²) in [4.78, 5) is 14.8. The van der Waals surface area contributed by atoms with Gasteiger partial charge in [-0.15, -0.1) is 0 Å². The standard InChI is InChI=1S/C25H22ClNO4/c1-30-20-13-9-16(10-14-20)22-23(17-7-11-19(26)12-8-17)27(25(29)24(22)28)15-18-5-3-4-6-21(18)31-2/h3-14,23,28H,15H2,1-2H3/t23-/m1/s1. The first-order valence-corrected chi connectivity index (χ1v) is 10.2. The third kappa shape index (κ3) is 3.97. The molecule has 0 aromatic heterocycles. The van der Waals surface area contributed by atoms with Gasteiger partial charge in [-0.25, -0.2) is 0 Å². The van der Waals surface area contributed by atoms with Gasteiger partial charge < -0.3 is 19.5 Å². The molecule has 0 saturated heterocycles. The van der Waals surface area contributed by atoms with Crippen molar-refractivity contribution in [2.24, 2.45) is 0 Å². The van der Waals surface area contributed by atoms with Crippen LogP contribution in [0.15, 0.2) is 78.6 Å². The SMILES string of the molecule is COc1ccc(C2=C(O)C(=O)N(Cc3ccccc3OC)[C@@H]2c2ccc(Cl)cc2)cc1. The van der Waals surface area contributed by atoms with Crippen molar-refractivity contribution in [2.75, 3.05) is 14.2 Å². The molecule has 0 unspecified atom stereocenters. The second-order valence-corrected chi connectivity index (χ2v) is 7.63. The fourth-order valence-electron chi connectivity index (χ4n) is 3.89. The van der Waals surface area contributed by atoms with Crippen LogP contribution in [0.1, 0.15) is 22.7 Å². The van der Waals surface area contributed by atoms with E-state index < -0.39 is 11.9 Å². The second-order valence-electron chi connectivity index (χ2n) is 7.19. The van der Waals surface area contributed by atoms with Crippen molar-refractivity contribution in [3.05, 3.63) is 100 Å². The van der Waals surface area contributed by atoms with Gasteiger partial charge in [0, 0.05) is 16.2 Å². The minimum absolute atomic E-state index is 0.264. The Kier molecular flexibility index (Phi) is 5.87. The molecule has 1 heterocycles. The Morgan fingerprint density at radius 1 is 0.935 bits per heavy atom. The lowest BCUT2D eigenvalue weighted by Gasteiger charge is -2.28. The molecule has 0 spiro atoms. The van der Waals surface area contributed by atoms with Crippen LogP contribution in [-0.2, 0) is 11.3 Å². The Morgan fingerprint density at radius 3 is 2.26 bits per heavy atom. The number of rotatable bonds is 6. The first-order valence-electron chi connectivity index (χ1n) is 9.79. The normalized spacial score (nSPS) is 16.0. The molecule has 0 aliphatic carbocycles. The Hall–Kier alpha value is -3.44. The molecule has 31 heavy (non-hydrogen) atoms. The van der Waals surface area contributed by atoms with Crippen LogP contribution in [0.5, 0.6) is 11.5 Å². The van der Waals surface area contributed by atoms with E-state index in [1.165, 1.54) is 0 Å². The number of halogens is 1. The van der Waals surface area contributed by atoms with Gasteiger partial charge in [0.1, 0.15) is 11.5 Å². The molecule has 0 bridgehead atoms. The first-order chi connectivity index (χ1) is 15.0. The van der Waals surface area contributed by atoms with Crippen molar-refractivity contribution < 1.29 is 19.4 Å². The molecule has 4 rings (SSSR count). The summed E-state index contributed by atoms with van der Waals surface area (Å²) < 4.78 is 10.7. The average Bonchev–Trinajstić information content (AvgIpc) is 3.05. The Morgan fingerprint density at radius 2 is 1.61 bits per heavy atom. The number of carbonyl (C=O) groups is 1. The zero-order chi connectivity index (χ0) is 22.0. The van der Waals surface area contributed by atoms with Crippen molar-refractivity contribution in [1.82, 2.24) is 4.90 Å². The lowest BCUT2D eigenvalue weighted by molar-refractivity contribution is -0.130. The molecule has 5 nitrogen and oxygen atoms in total. The van der Waals surface area contributed by atoms with Crippen molar-refractivity contribution >= 4 is 23.1 Å². The predicted octanol–water partition coefficient (Wildman–Crippen LogP) is 5.41. The average molecular weight is 436 g/mol.